The van der Waals surface area contributed by atoms with Crippen molar-refractivity contribution in [3.63, 3.8) is 0 Å². The molecule has 1 amide bonds. The van der Waals surface area contributed by atoms with Gasteiger partial charge in [-0.15, -0.1) is 0 Å². The van der Waals surface area contributed by atoms with Gasteiger partial charge in [-0.2, -0.15) is 0 Å². The van der Waals surface area contributed by atoms with Gasteiger partial charge in [0.05, 0.1) is 17.6 Å². The van der Waals surface area contributed by atoms with Crippen molar-refractivity contribution in [1.29, 1.82) is 0 Å². The Morgan fingerprint density at radius 3 is 2.87 bits per heavy atom. The maximum absolute atomic E-state index is 12.3. The summed E-state index contributed by atoms with van der Waals surface area (Å²) in [6.07, 6.45) is 7.64. The second-order valence-corrected chi connectivity index (χ2v) is 5.49. The lowest BCUT2D eigenvalue weighted by Crippen LogP contribution is -2.36. The standard InChI is InChI=1S/C17H15N5O/c18-16-8-15-13-3-1-2-12(14-9-19-5-6-20-14)11(13)4-7-22(15)17(23)10-21-16/h1-3,5-6,8-9H,4,7,10H2,(H2,18,21). The van der Waals surface area contributed by atoms with Crippen molar-refractivity contribution >= 4 is 17.4 Å². The third-order valence-corrected chi connectivity index (χ3v) is 4.15. The van der Waals surface area contributed by atoms with E-state index in [-0.39, 0.29) is 12.5 Å². The maximum atomic E-state index is 12.3. The van der Waals surface area contributed by atoms with Gasteiger partial charge >= 0.3 is 0 Å². The fourth-order valence-corrected chi connectivity index (χ4v) is 3.11. The Labute approximate surface area is 133 Å². The summed E-state index contributed by atoms with van der Waals surface area (Å²) in [6, 6.07) is 6.02. The number of nitrogens with two attached hydrogens (primary N) is 1. The highest BCUT2D eigenvalue weighted by atomic mass is 16.2. The zero-order valence-electron chi connectivity index (χ0n) is 12.4. The predicted molar refractivity (Wildman–Crippen MR) is 87.4 cm³/mol. The van der Waals surface area contributed by atoms with Gasteiger partial charge in [0, 0.05) is 36.1 Å². The van der Waals surface area contributed by atoms with E-state index in [2.05, 4.69) is 15.0 Å². The predicted octanol–water partition coefficient (Wildman–Crippen LogP) is 1.24. The van der Waals surface area contributed by atoms with Crippen LogP contribution in [0.4, 0.5) is 0 Å². The van der Waals surface area contributed by atoms with Crippen molar-refractivity contribution in [3.05, 3.63) is 54.0 Å². The van der Waals surface area contributed by atoms with Crippen molar-refractivity contribution in [2.45, 2.75) is 6.42 Å². The molecule has 0 unspecified atom stereocenters. The largest absolute Gasteiger partial charge is 0.384 e. The number of carbonyl (C=O) groups is 1. The summed E-state index contributed by atoms with van der Waals surface area (Å²) in [6.45, 7) is 0.725. The molecule has 0 atom stereocenters. The molecule has 1 aromatic carbocycles. The van der Waals surface area contributed by atoms with Crippen LogP contribution < -0.4 is 5.73 Å². The smallest absolute Gasteiger partial charge is 0.248 e. The highest BCUT2D eigenvalue weighted by Crippen LogP contribution is 2.35. The van der Waals surface area contributed by atoms with Gasteiger partial charge in [0.15, 0.2) is 0 Å². The number of aliphatic imine (C=N–C) groups is 1. The Morgan fingerprint density at radius 2 is 2.04 bits per heavy atom. The molecule has 1 aromatic heterocycles. The van der Waals surface area contributed by atoms with Gasteiger partial charge in [-0.25, -0.2) is 0 Å². The zero-order valence-corrected chi connectivity index (χ0v) is 12.4. The molecule has 2 aliphatic rings. The molecule has 0 saturated heterocycles. The molecule has 0 bridgehead atoms. The Hall–Kier alpha value is -3.02. The fraction of sp³-hybridized carbons (Fsp3) is 0.176. The van der Waals surface area contributed by atoms with E-state index in [0.717, 1.165) is 34.5 Å². The first-order valence-electron chi connectivity index (χ1n) is 7.44. The van der Waals surface area contributed by atoms with E-state index < -0.39 is 0 Å². The summed E-state index contributed by atoms with van der Waals surface area (Å²) in [4.78, 5) is 26.7. The molecule has 23 heavy (non-hydrogen) atoms. The molecular weight excluding hydrogens is 290 g/mol. The minimum absolute atomic E-state index is 0.0211. The molecule has 0 fully saturated rings. The van der Waals surface area contributed by atoms with E-state index in [1.807, 2.05) is 18.2 Å². The summed E-state index contributed by atoms with van der Waals surface area (Å²) in [5.74, 6) is 0.362. The third kappa shape index (κ3) is 2.28. The summed E-state index contributed by atoms with van der Waals surface area (Å²) in [7, 11) is 0. The first-order chi connectivity index (χ1) is 11.2. The Balaban J connectivity index is 1.89. The highest BCUT2D eigenvalue weighted by Gasteiger charge is 2.29. The molecule has 0 radical (unpaired) electrons. The minimum Gasteiger partial charge on any atom is -0.384 e. The summed E-state index contributed by atoms with van der Waals surface area (Å²) in [5, 5.41) is 0. The average Bonchev–Trinajstić information content (AvgIpc) is 2.74. The Morgan fingerprint density at radius 1 is 1.17 bits per heavy atom. The molecule has 4 rings (SSSR count). The van der Waals surface area contributed by atoms with Gasteiger partial charge in [-0.05, 0) is 12.0 Å². The SMILES string of the molecule is NC1=NCC(=O)N2CCc3c(cccc3-c3cnccn3)C2=C1. The van der Waals surface area contributed by atoms with Crippen molar-refractivity contribution in [3.8, 4) is 11.3 Å². The molecule has 2 aromatic rings. The summed E-state index contributed by atoms with van der Waals surface area (Å²) < 4.78 is 0. The number of hydrogen-bond donors (Lipinski definition) is 1. The quantitative estimate of drug-likeness (QED) is 0.859. The van der Waals surface area contributed by atoms with Crippen LogP contribution in [-0.2, 0) is 11.2 Å². The maximum Gasteiger partial charge on any atom is 0.248 e. The number of nitrogens with zero attached hydrogens (tertiary/aromatic N) is 4. The normalized spacial score (nSPS) is 16.9. The van der Waals surface area contributed by atoms with Crippen molar-refractivity contribution in [2.75, 3.05) is 13.1 Å². The highest BCUT2D eigenvalue weighted by molar-refractivity contribution is 6.05. The number of hydrogen-bond acceptors (Lipinski definition) is 5. The van der Waals surface area contributed by atoms with Gasteiger partial charge < -0.3 is 10.6 Å². The van der Waals surface area contributed by atoms with E-state index in [9.17, 15) is 4.79 Å². The molecular formula is C17H15N5O. The van der Waals surface area contributed by atoms with Crippen LogP contribution in [0.15, 0.2) is 47.9 Å². The number of fused-ring (bicyclic) bond motifs is 3. The number of benzene rings is 1. The van der Waals surface area contributed by atoms with Crippen LogP contribution in [0.2, 0.25) is 0 Å². The van der Waals surface area contributed by atoms with Crippen molar-refractivity contribution < 1.29 is 4.79 Å². The van der Waals surface area contributed by atoms with Crippen LogP contribution in [0.5, 0.6) is 0 Å². The number of amidine groups is 1. The van der Waals surface area contributed by atoms with E-state index in [1.54, 1.807) is 29.6 Å². The molecule has 3 heterocycles. The third-order valence-electron chi connectivity index (χ3n) is 4.15. The van der Waals surface area contributed by atoms with Crippen molar-refractivity contribution in [1.82, 2.24) is 14.9 Å². The number of carbonyl (C=O) groups excluding carboxylic acids is 1. The van der Waals surface area contributed by atoms with Gasteiger partial charge in [-0.3, -0.25) is 19.8 Å². The van der Waals surface area contributed by atoms with Gasteiger partial charge in [0.2, 0.25) is 5.91 Å². The van der Waals surface area contributed by atoms with Crippen LogP contribution in [0.3, 0.4) is 0 Å². The average molecular weight is 305 g/mol. The van der Waals surface area contributed by atoms with E-state index in [4.69, 9.17) is 5.73 Å². The summed E-state index contributed by atoms with van der Waals surface area (Å²) >= 11 is 0. The number of rotatable bonds is 1. The van der Waals surface area contributed by atoms with Gasteiger partial charge in [-0.1, -0.05) is 18.2 Å². The van der Waals surface area contributed by atoms with Crippen LogP contribution in [0, 0.1) is 0 Å². The van der Waals surface area contributed by atoms with Crippen LogP contribution in [0.25, 0.3) is 17.0 Å². The monoisotopic (exact) mass is 305 g/mol. The van der Waals surface area contributed by atoms with Gasteiger partial charge in [0.25, 0.3) is 0 Å². The lowest BCUT2D eigenvalue weighted by molar-refractivity contribution is -0.126. The van der Waals surface area contributed by atoms with Crippen LogP contribution in [-0.4, -0.2) is 39.7 Å². The topological polar surface area (TPSA) is 84.5 Å². The molecule has 2 N–H and O–H groups in total. The van der Waals surface area contributed by atoms with E-state index >= 15 is 0 Å². The van der Waals surface area contributed by atoms with Gasteiger partial charge in [0.1, 0.15) is 12.4 Å². The van der Waals surface area contributed by atoms with E-state index in [0.29, 0.717) is 12.4 Å². The molecule has 0 spiro atoms. The van der Waals surface area contributed by atoms with Crippen LogP contribution >= 0.6 is 0 Å². The summed E-state index contributed by atoms with van der Waals surface area (Å²) in [5.41, 5.74) is 10.8. The first-order valence-corrected chi connectivity index (χ1v) is 7.44. The van der Waals surface area contributed by atoms with Crippen LogP contribution in [0.1, 0.15) is 11.1 Å². The zero-order chi connectivity index (χ0) is 15.8. The molecule has 6 nitrogen and oxygen atoms in total. The Bertz CT molecular complexity index is 841. The lowest BCUT2D eigenvalue weighted by atomic mass is 9.90. The molecule has 2 aliphatic heterocycles. The fourth-order valence-electron chi connectivity index (χ4n) is 3.11. The Kier molecular flexibility index (Phi) is 3.15. The number of amides is 1. The molecule has 6 heteroatoms. The molecule has 0 saturated carbocycles. The van der Waals surface area contributed by atoms with E-state index in [1.165, 1.54) is 0 Å². The number of aromatic nitrogens is 2. The van der Waals surface area contributed by atoms with Crippen molar-refractivity contribution in [2.24, 2.45) is 10.7 Å². The second-order valence-electron chi connectivity index (χ2n) is 5.49. The lowest BCUT2D eigenvalue weighted by Gasteiger charge is -2.31. The molecule has 114 valence electrons. The molecule has 0 aliphatic carbocycles. The second kappa shape index (κ2) is 5.31. The first kappa shape index (κ1) is 13.6. The minimum atomic E-state index is -0.0211.